The lowest BCUT2D eigenvalue weighted by atomic mass is 10.1. The van der Waals surface area contributed by atoms with E-state index >= 15 is 0 Å². The zero-order valence-corrected chi connectivity index (χ0v) is 9.87. The van der Waals surface area contributed by atoms with E-state index in [1.807, 2.05) is 0 Å². The molecule has 0 aliphatic carbocycles. The number of carboxylic acid groups (broad SMARTS) is 1. The van der Waals surface area contributed by atoms with E-state index in [9.17, 15) is 9.59 Å². The molecule has 1 aromatic heterocycles. The Morgan fingerprint density at radius 3 is 2.50 bits per heavy atom. The van der Waals surface area contributed by atoms with Gasteiger partial charge in [0.25, 0.3) is 5.91 Å². The summed E-state index contributed by atoms with van der Waals surface area (Å²) in [6.07, 6.45) is 2.90. The van der Waals surface area contributed by atoms with Crippen molar-refractivity contribution in [2.24, 2.45) is 5.73 Å². The summed E-state index contributed by atoms with van der Waals surface area (Å²) in [5, 5.41) is 8.72. The first-order chi connectivity index (χ1) is 8.58. The number of nitrogens with two attached hydrogens (primary N) is 1. The maximum Gasteiger partial charge on any atom is 0.354 e. The van der Waals surface area contributed by atoms with Crippen LogP contribution in [0, 0.1) is 0 Å². The molecule has 0 atom stereocenters. The lowest BCUT2D eigenvalue weighted by molar-refractivity contribution is 0.0683. The van der Waals surface area contributed by atoms with Crippen molar-refractivity contribution in [1.29, 1.82) is 0 Å². The van der Waals surface area contributed by atoms with E-state index in [4.69, 9.17) is 10.8 Å². The van der Waals surface area contributed by atoms with E-state index in [2.05, 4.69) is 4.98 Å². The number of aromatic nitrogens is 1. The first-order valence-electron chi connectivity index (χ1n) is 5.82. The molecule has 3 N–H and O–H groups in total. The van der Waals surface area contributed by atoms with E-state index in [-0.39, 0.29) is 17.6 Å². The van der Waals surface area contributed by atoms with Gasteiger partial charge in [-0.1, -0.05) is 0 Å². The number of likely N-dealkylation sites (tertiary alicyclic amines) is 1. The van der Waals surface area contributed by atoms with Gasteiger partial charge in [0.2, 0.25) is 0 Å². The molecule has 1 aromatic rings. The lowest BCUT2D eigenvalue weighted by Gasteiger charge is -2.30. The first-order valence-corrected chi connectivity index (χ1v) is 5.82. The average molecular weight is 249 g/mol. The van der Waals surface area contributed by atoms with Gasteiger partial charge in [-0.15, -0.1) is 0 Å². The molecule has 0 aromatic carbocycles. The van der Waals surface area contributed by atoms with Gasteiger partial charge in [0.1, 0.15) is 5.69 Å². The zero-order chi connectivity index (χ0) is 13.1. The predicted molar refractivity (Wildman–Crippen MR) is 64.3 cm³/mol. The van der Waals surface area contributed by atoms with Crippen molar-refractivity contribution in [3.05, 3.63) is 29.6 Å². The van der Waals surface area contributed by atoms with Crippen molar-refractivity contribution < 1.29 is 14.7 Å². The largest absolute Gasteiger partial charge is 0.477 e. The Morgan fingerprint density at radius 2 is 2.00 bits per heavy atom. The number of hydrogen-bond acceptors (Lipinski definition) is 4. The number of rotatable bonds is 2. The third-order valence-corrected chi connectivity index (χ3v) is 3.06. The van der Waals surface area contributed by atoms with Crippen LogP contribution in [0.1, 0.15) is 33.7 Å². The van der Waals surface area contributed by atoms with Crippen molar-refractivity contribution in [2.75, 3.05) is 13.1 Å². The SMILES string of the molecule is NC1CCN(C(=O)c2ccc(C(=O)O)nc2)CC1. The molecule has 1 fully saturated rings. The Hall–Kier alpha value is -1.95. The lowest BCUT2D eigenvalue weighted by Crippen LogP contribution is -2.42. The summed E-state index contributed by atoms with van der Waals surface area (Å²) >= 11 is 0. The van der Waals surface area contributed by atoms with Crippen molar-refractivity contribution in [1.82, 2.24) is 9.88 Å². The molecule has 1 aliphatic heterocycles. The van der Waals surface area contributed by atoms with Gasteiger partial charge >= 0.3 is 5.97 Å². The minimum Gasteiger partial charge on any atom is -0.477 e. The van der Waals surface area contributed by atoms with Crippen LogP contribution in [0.3, 0.4) is 0 Å². The molecule has 6 nitrogen and oxygen atoms in total. The minimum absolute atomic E-state index is 0.0628. The van der Waals surface area contributed by atoms with Gasteiger partial charge in [-0.05, 0) is 25.0 Å². The van der Waals surface area contributed by atoms with Crippen LogP contribution in [0.15, 0.2) is 18.3 Å². The van der Waals surface area contributed by atoms with E-state index in [1.165, 1.54) is 18.3 Å². The Bertz CT molecular complexity index is 450. The molecule has 6 heteroatoms. The maximum absolute atomic E-state index is 12.1. The first kappa shape index (κ1) is 12.5. The second kappa shape index (κ2) is 5.14. The molecule has 1 amide bonds. The summed E-state index contributed by atoms with van der Waals surface area (Å²) in [6.45, 7) is 1.28. The molecule has 96 valence electrons. The highest BCUT2D eigenvalue weighted by molar-refractivity contribution is 5.94. The van der Waals surface area contributed by atoms with Crippen LogP contribution in [-0.2, 0) is 0 Å². The third kappa shape index (κ3) is 2.65. The Balaban J connectivity index is 2.07. The highest BCUT2D eigenvalue weighted by Gasteiger charge is 2.21. The second-order valence-corrected chi connectivity index (χ2v) is 4.37. The fraction of sp³-hybridized carbons (Fsp3) is 0.417. The fourth-order valence-corrected chi connectivity index (χ4v) is 1.93. The van der Waals surface area contributed by atoms with Crippen LogP contribution in [0.5, 0.6) is 0 Å². The summed E-state index contributed by atoms with van der Waals surface area (Å²) in [4.78, 5) is 28.2. The number of pyridine rings is 1. The van der Waals surface area contributed by atoms with E-state index in [0.717, 1.165) is 12.8 Å². The Morgan fingerprint density at radius 1 is 1.33 bits per heavy atom. The van der Waals surface area contributed by atoms with Gasteiger partial charge < -0.3 is 15.7 Å². The van der Waals surface area contributed by atoms with Crippen LogP contribution in [0.4, 0.5) is 0 Å². The predicted octanol–water partition coefficient (Wildman–Crippen LogP) is 0.343. The second-order valence-electron chi connectivity index (χ2n) is 4.37. The number of piperidine rings is 1. The van der Waals surface area contributed by atoms with E-state index < -0.39 is 5.97 Å². The fourth-order valence-electron chi connectivity index (χ4n) is 1.93. The summed E-state index contributed by atoms with van der Waals surface area (Å²) in [6, 6.07) is 3.00. The van der Waals surface area contributed by atoms with Crippen LogP contribution in [0.2, 0.25) is 0 Å². The maximum atomic E-state index is 12.1. The van der Waals surface area contributed by atoms with Gasteiger partial charge in [0.05, 0.1) is 5.56 Å². The standard InChI is InChI=1S/C12H15N3O3/c13-9-3-5-15(6-4-9)11(16)8-1-2-10(12(17)18)14-7-8/h1-2,7,9H,3-6,13H2,(H,17,18). The number of carbonyl (C=O) groups is 2. The Labute approximate surface area is 104 Å². The molecule has 0 bridgehead atoms. The molecule has 0 unspecified atom stereocenters. The summed E-state index contributed by atoms with van der Waals surface area (Å²) in [5.74, 6) is -1.22. The molecule has 0 saturated carbocycles. The topological polar surface area (TPSA) is 96.5 Å². The minimum atomic E-state index is -1.10. The molecule has 18 heavy (non-hydrogen) atoms. The summed E-state index contributed by atoms with van der Waals surface area (Å²) < 4.78 is 0. The van der Waals surface area contributed by atoms with Gasteiger partial charge in [0, 0.05) is 25.3 Å². The highest BCUT2D eigenvalue weighted by Crippen LogP contribution is 2.12. The zero-order valence-electron chi connectivity index (χ0n) is 9.87. The number of carbonyl (C=O) groups excluding carboxylic acids is 1. The normalized spacial score (nSPS) is 16.6. The summed E-state index contributed by atoms with van der Waals surface area (Å²) in [5.41, 5.74) is 6.12. The molecule has 0 radical (unpaired) electrons. The van der Waals surface area contributed by atoms with Crippen molar-refractivity contribution in [3.8, 4) is 0 Å². The van der Waals surface area contributed by atoms with Crippen molar-refractivity contribution in [3.63, 3.8) is 0 Å². The van der Waals surface area contributed by atoms with E-state index in [1.54, 1.807) is 4.90 Å². The number of amides is 1. The highest BCUT2D eigenvalue weighted by atomic mass is 16.4. The van der Waals surface area contributed by atoms with Crippen molar-refractivity contribution in [2.45, 2.75) is 18.9 Å². The smallest absolute Gasteiger partial charge is 0.354 e. The molecule has 2 heterocycles. The number of hydrogen-bond donors (Lipinski definition) is 2. The van der Waals surface area contributed by atoms with Crippen LogP contribution >= 0.6 is 0 Å². The molecular weight excluding hydrogens is 234 g/mol. The number of nitrogens with zero attached hydrogens (tertiary/aromatic N) is 2. The molecule has 1 aliphatic rings. The molecule has 2 rings (SSSR count). The van der Waals surface area contributed by atoms with E-state index in [0.29, 0.717) is 18.7 Å². The monoisotopic (exact) mass is 249 g/mol. The molecule has 1 saturated heterocycles. The van der Waals surface area contributed by atoms with Crippen LogP contribution in [0.25, 0.3) is 0 Å². The van der Waals surface area contributed by atoms with Crippen LogP contribution in [-0.4, -0.2) is 46.0 Å². The number of aromatic carboxylic acids is 1. The van der Waals surface area contributed by atoms with Gasteiger partial charge in [-0.25, -0.2) is 9.78 Å². The number of carboxylic acids is 1. The third-order valence-electron chi connectivity index (χ3n) is 3.06. The van der Waals surface area contributed by atoms with Crippen molar-refractivity contribution >= 4 is 11.9 Å². The van der Waals surface area contributed by atoms with Gasteiger partial charge in [-0.3, -0.25) is 4.79 Å². The molecule has 0 spiro atoms. The quantitative estimate of drug-likeness (QED) is 0.788. The Kier molecular flexibility index (Phi) is 3.57. The molecular formula is C12H15N3O3. The summed E-state index contributed by atoms with van der Waals surface area (Å²) in [7, 11) is 0. The van der Waals surface area contributed by atoms with Gasteiger partial charge in [-0.2, -0.15) is 0 Å². The average Bonchev–Trinajstić information content (AvgIpc) is 2.39. The van der Waals surface area contributed by atoms with Crippen LogP contribution < -0.4 is 5.73 Å². The van der Waals surface area contributed by atoms with Gasteiger partial charge in [0.15, 0.2) is 0 Å².